The monoisotopic (exact) mass is 348 g/mol. The normalized spacial score (nSPS) is 21.9. The van der Waals surface area contributed by atoms with Gasteiger partial charge in [-0.3, -0.25) is 9.59 Å². The van der Waals surface area contributed by atoms with E-state index < -0.39 is 11.3 Å². The van der Waals surface area contributed by atoms with Gasteiger partial charge in [0.1, 0.15) is 6.04 Å². The van der Waals surface area contributed by atoms with Gasteiger partial charge >= 0.3 is 0 Å². The minimum Gasteiger partial charge on any atom is -0.343 e. The van der Waals surface area contributed by atoms with Crippen molar-refractivity contribution in [2.45, 2.75) is 63.3 Å². The maximum atomic E-state index is 12.8. The van der Waals surface area contributed by atoms with Crippen LogP contribution < -0.4 is 5.32 Å². The average Bonchev–Trinajstić information content (AvgIpc) is 2.64. The Balaban J connectivity index is 2.00. The van der Waals surface area contributed by atoms with Gasteiger partial charge in [0.2, 0.25) is 11.8 Å². The highest BCUT2D eigenvalue weighted by molar-refractivity contribution is 7.81. The Hall–Kier alpha value is -1.49. The second kappa shape index (κ2) is 8.06. The van der Waals surface area contributed by atoms with Gasteiger partial charge in [0.05, 0.1) is 5.25 Å². The van der Waals surface area contributed by atoms with E-state index in [4.69, 9.17) is 0 Å². The molecule has 24 heavy (non-hydrogen) atoms. The van der Waals surface area contributed by atoms with Crippen LogP contribution in [0.1, 0.15) is 45.6 Å². The Morgan fingerprint density at radius 1 is 1.38 bits per heavy atom. The van der Waals surface area contributed by atoms with Crippen molar-refractivity contribution < 1.29 is 9.59 Å². The molecule has 0 bridgehead atoms. The molecule has 0 spiro atoms. The van der Waals surface area contributed by atoms with Crippen molar-refractivity contribution >= 4 is 24.4 Å². The van der Waals surface area contributed by atoms with Crippen molar-refractivity contribution in [1.29, 1.82) is 0 Å². The molecule has 2 amide bonds. The number of hydrogen-bond donors (Lipinski definition) is 2. The van der Waals surface area contributed by atoms with Crippen molar-refractivity contribution in [2.24, 2.45) is 0 Å². The fraction of sp³-hybridized carbons (Fsp3) is 0.579. The van der Waals surface area contributed by atoms with Crippen LogP contribution in [0.2, 0.25) is 0 Å². The quantitative estimate of drug-likeness (QED) is 0.804. The topological polar surface area (TPSA) is 49.4 Å². The van der Waals surface area contributed by atoms with Crippen molar-refractivity contribution in [3.63, 3.8) is 0 Å². The highest BCUT2D eigenvalue weighted by Crippen LogP contribution is 2.27. The fourth-order valence-electron chi connectivity index (χ4n) is 3.40. The van der Waals surface area contributed by atoms with E-state index in [0.717, 1.165) is 18.4 Å². The molecule has 0 aromatic heterocycles. The van der Waals surface area contributed by atoms with E-state index in [0.29, 0.717) is 19.4 Å². The van der Waals surface area contributed by atoms with Gasteiger partial charge in [-0.2, -0.15) is 12.6 Å². The first kappa shape index (κ1) is 18.8. The maximum Gasteiger partial charge on any atom is 0.245 e. The Kier molecular flexibility index (Phi) is 6.33. The van der Waals surface area contributed by atoms with Crippen LogP contribution in [-0.4, -0.2) is 40.1 Å². The molecule has 0 saturated carbocycles. The molecule has 1 aliphatic heterocycles. The number of benzene rings is 1. The second-order valence-electron chi connectivity index (χ2n) is 7.05. The van der Waals surface area contributed by atoms with Crippen molar-refractivity contribution in [1.82, 2.24) is 10.2 Å². The molecule has 1 aromatic carbocycles. The van der Waals surface area contributed by atoms with Crippen LogP contribution in [0, 0.1) is 0 Å². The van der Waals surface area contributed by atoms with Crippen molar-refractivity contribution in [2.75, 3.05) is 6.54 Å². The summed E-state index contributed by atoms with van der Waals surface area (Å²) in [4.78, 5) is 27.2. The predicted molar refractivity (Wildman–Crippen MR) is 100 cm³/mol. The van der Waals surface area contributed by atoms with Gasteiger partial charge in [-0.15, -0.1) is 0 Å². The van der Waals surface area contributed by atoms with Crippen LogP contribution in [0.5, 0.6) is 0 Å². The molecule has 1 fully saturated rings. The summed E-state index contributed by atoms with van der Waals surface area (Å²) in [7, 11) is 0. The number of amides is 2. The van der Waals surface area contributed by atoms with Gasteiger partial charge in [0.15, 0.2) is 0 Å². The molecule has 2 rings (SSSR count). The van der Waals surface area contributed by atoms with E-state index in [1.54, 1.807) is 0 Å². The number of nitrogens with one attached hydrogen (secondary N) is 1. The minimum absolute atomic E-state index is 0.0218. The fourth-order valence-corrected chi connectivity index (χ4v) is 3.68. The van der Waals surface area contributed by atoms with Crippen LogP contribution >= 0.6 is 12.6 Å². The van der Waals surface area contributed by atoms with Crippen LogP contribution in [-0.2, 0) is 16.0 Å². The number of hydrogen-bond acceptors (Lipinski definition) is 3. The van der Waals surface area contributed by atoms with E-state index in [9.17, 15) is 9.59 Å². The van der Waals surface area contributed by atoms with Crippen LogP contribution in [0.25, 0.3) is 0 Å². The molecule has 1 aromatic rings. The number of carbonyl (C=O) groups is 2. The lowest BCUT2D eigenvalue weighted by Gasteiger charge is -2.37. The molecule has 0 aliphatic carbocycles. The Bertz CT molecular complexity index is 574. The van der Waals surface area contributed by atoms with Crippen LogP contribution in [0.4, 0.5) is 0 Å². The number of likely N-dealkylation sites (N-methyl/N-ethyl adjacent to an activating group) is 1. The molecule has 4 nitrogen and oxygen atoms in total. The Morgan fingerprint density at radius 3 is 2.67 bits per heavy atom. The highest BCUT2D eigenvalue weighted by Gasteiger charge is 2.37. The third-order valence-electron chi connectivity index (χ3n) is 4.78. The number of rotatable bonds is 5. The largest absolute Gasteiger partial charge is 0.343 e. The number of carbonyl (C=O) groups excluding carboxylic acids is 2. The van der Waals surface area contributed by atoms with E-state index in [1.807, 2.05) is 42.2 Å². The Labute approximate surface area is 150 Å². The van der Waals surface area contributed by atoms with E-state index >= 15 is 0 Å². The summed E-state index contributed by atoms with van der Waals surface area (Å²) >= 11 is 4.44. The van der Waals surface area contributed by atoms with Crippen LogP contribution in [0.15, 0.2) is 30.3 Å². The molecular formula is C19H28N2O2S. The lowest BCUT2D eigenvalue weighted by Crippen LogP contribution is -2.54. The summed E-state index contributed by atoms with van der Waals surface area (Å²) in [6.45, 7) is 6.83. The highest BCUT2D eigenvalue weighted by atomic mass is 32.1. The standard InChI is InChI=1S/C19H28N2O2S/c1-4-21-18(23)15(11-8-12-19(21,2)3)20-17(22)16(24)13-14-9-6-5-7-10-14/h5-7,9-10,15-16,24H,4,8,11-13H2,1-3H3,(H,20,22)/t15-,16+/m0/s1. The molecule has 2 atom stereocenters. The number of likely N-dealkylation sites (tertiary alicyclic amines) is 1. The smallest absolute Gasteiger partial charge is 0.245 e. The van der Waals surface area contributed by atoms with E-state index in [-0.39, 0.29) is 17.4 Å². The van der Waals surface area contributed by atoms with Crippen molar-refractivity contribution in [3.8, 4) is 0 Å². The van der Waals surface area contributed by atoms with Crippen LogP contribution in [0.3, 0.4) is 0 Å². The maximum absolute atomic E-state index is 12.8. The van der Waals surface area contributed by atoms with Crippen molar-refractivity contribution in [3.05, 3.63) is 35.9 Å². The predicted octanol–water partition coefficient (Wildman–Crippen LogP) is 2.82. The minimum atomic E-state index is -0.452. The first-order valence-electron chi connectivity index (χ1n) is 8.69. The first-order chi connectivity index (χ1) is 11.3. The zero-order valence-corrected chi connectivity index (χ0v) is 15.7. The average molecular weight is 349 g/mol. The lowest BCUT2D eigenvalue weighted by atomic mass is 9.97. The molecule has 1 N–H and O–H groups in total. The molecular weight excluding hydrogens is 320 g/mol. The third-order valence-corrected chi connectivity index (χ3v) is 5.20. The van der Waals surface area contributed by atoms with Gasteiger partial charge in [-0.05, 0) is 52.0 Å². The zero-order chi connectivity index (χ0) is 17.7. The van der Waals surface area contributed by atoms with E-state index in [1.165, 1.54) is 0 Å². The van der Waals surface area contributed by atoms with Gasteiger partial charge in [-0.25, -0.2) is 0 Å². The SMILES string of the molecule is CCN1C(=O)[C@@H](NC(=O)[C@H](S)Cc2ccccc2)CCCC1(C)C. The third kappa shape index (κ3) is 4.53. The Morgan fingerprint density at radius 2 is 2.04 bits per heavy atom. The molecule has 0 radical (unpaired) electrons. The second-order valence-corrected chi connectivity index (χ2v) is 7.68. The number of thiol groups is 1. The summed E-state index contributed by atoms with van der Waals surface area (Å²) in [6, 6.07) is 9.36. The lowest BCUT2D eigenvalue weighted by molar-refractivity contribution is -0.139. The molecule has 1 heterocycles. The van der Waals surface area contributed by atoms with E-state index in [2.05, 4.69) is 31.8 Å². The van der Waals surface area contributed by atoms with Gasteiger partial charge < -0.3 is 10.2 Å². The summed E-state index contributed by atoms with van der Waals surface area (Å²) < 4.78 is 0. The summed E-state index contributed by atoms with van der Waals surface area (Å²) in [5.41, 5.74) is 0.909. The van der Waals surface area contributed by atoms with Gasteiger partial charge in [-0.1, -0.05) is 30.3 Å². The summed E-state index contributed by atoms with van der Waals surface area (Å²) in [5.74, 6) is -0.148. The molecule has 0 unspecified atom stereocenters. The molecule has 1 saturated heterocycles. The first-order valence-corrected chi connectivity index (χ1v) is 9.20. The molecule has 5 heteroatoms. The number of nitrogens with zero attached hydrogens (tertiary/aromatic N) is 1. The van der Waals surface area contributed by atoms with Gasteiger partial charge in [0.25, 0.3) is 0 Å². The summed E-state index contributed by atoms with van der Waals surface area (Å²) in [6.07, 6.45) is 3.12. The zero-order valence-electron chi connectivity index (χ0n) is 14.8. The summed E-state index contributed by atoms with van der Waals surface area (Å²) in [5, 5.41) is 2.47. The molecule has 132 valence electrons. The van der Waals surface area contributed by atoms with Gasteiger partial charge in [0, 0.05) is 12.1 Å². The molecule has 1 aliphatic rings.